The second-order valence-corrected chi connectivity index (χ2v) is 6.77. The van der Waals surface area contributed by atoms with Crippen LogP contribution < -0.4 is 5.32 Å². The van der Waals surface area contributed by atoms with E-state index in [4.69, 9.17) is 0 Å². The number of fused-ring (bicyclic) bond motifs is 1. The summed E-state index contributed by atoms with van der Waals surface area (Å²) in [6.07, 6.45) is -3.71. The highest BCUT2D eigenvalue weighted by Crippen LogP contribution is 2.23. The van der Waals surface area contributed by atoms with E-state index in [1.807, 2.05) is 26.0 Å². The van der Waals surface area contributed by atoms with Crippen LogP contribution in [0.2, 0.25) is 0 Å². The van der Waals surface area contributed by atoms with Crippen LogP contribution in [-0.4, -0.2) is 47.0 Å². The molecule has 1 saturated heterocycles. The van der Waals surface area contributed by atoms with E-state index in [1.165, 1.54) is 0 Å². The molecule has 140 valence electrons. The molecule has 1 aliphatic rings. The first-order valence-electron chi connectivity index (χ1n) is 8.40. The Kier molecular flexibility index (Phi) is 4.68. The number of halogens is 3. The fourth-order valence-electron chi connectivity index (χ4n) is 3.41. The van der Waals surface area contributed by atoms with Gasteiger partial charge in [-0.25, -0.2) is 0 Å². The lowest BCUT2D eigenvalue weighted by Gasteiger charge is -2.32. The average Bonchev–Trinajstić information content (AvgIpc) is 2.94. The van der Waals surface area contributed by atoms with E-state index in [0.29, 0.717) is 12.8 Å². The van der Waals surface area contributed by atoms with Crippen molar-refractivity contribution < 1.29 is 22.8 Å². The molecular formula is C18H20F3N3O2. The highest BCUT2D eigenvalue weighted by molar-refractivity contribution is 6.01. The summed E-state index contributed by atoms with van der Waals surface area (Å²) < 4.78 is 37.7. The SMILES string of the molecule is Cc1cc(C)c2cc(C(=O)NC3CCCN(CC(F)(F)F)C3=O)[nH]c2c1. The first-order chi connectivity index (χ1) is 12.1. The number of nitrogens with one attached hydrogen (secondary N) is 2. The Morgan fingerprint density at radius 2 is 2.04 bits per heavy atom. The largest absolute Gasteiger partial charge is 0.406 e. The van der Waals surface area contributed by atoms with Gasteiger partial charge < -0.3 is 15.2 Å². The molecule has 2 amide bonds. The molecule has 0 aliphatic carbocycles. The molecule has 1 aromatic carbocycles. The number of benzene rings is 1. The summed E-state index contributed by atoms with van der Waals surface area (Å²) >= 11 is 0. The van der Waals surface area contributed by atoms with Crippen LogP contribution in [0.3, 0.4) is 0 Å². The Labute approximate surface area is 148 Å². The zero-order valence-corrected chi connectivity index (χ0v) is 14.5. The second-order valence-electron chi connectivity index (χ2n) is 6.77. The van der Waals surface area contributed by atoms with Gasteiger partial charge in [-0.05, 0) is 49.9 Å². The summed E-state index contributed by atoms with van der Waals surface area (Å²) in [5.74, 6) is -1.18. The Balaban J connectivity index is 1.75. The van der Waals surface area contributed by atoms with Crippen molar-refractivity contribution in [2.45, 2.75) is 38.9 Å². The van der Waals surface area contributed by atoms with E-state index in [2.05, 4.69) is 10.3 Å². The van der Waals surface area contributed by atoms with E-state index in [1.54, 1.807) is 6.07 Å². The zero-order valence-electron chi connectivity index (χ0n) is 14.5. The van der Waals surface area contributed by atoms with E-state index in [0.717, 1.165) is 26.9 Å². The summed E-state index contributed by atoms with van der Waals surface area (Å²) in [5, 5.41) is 3.46. The molecule has 2 N–H and O–H groups in total. The van der Waals surface area contributed by atoms with Crippen LogP contribution in [0, 0.1) is 13.8 Å². The highest BCUT2D eigenvalue weighted by Gasteiger charge is 2.38. The predicted octanol–water partition coefficient (Wildman–Crippen LogP) is 3.07. The monoisotopic (exact) mass is 367 g/mol. The topological polar surface area (TPSA) is 65.2 Å². The third kappa shape index (κ3) is 3.84. The van der Waals surface area contributed by atoms with Gasteiger partial charge in [-0.3, -0.25) is 9.59 Å². The number of aryl methyl sites for hydroxylation is 2. The van der Waals surface area contributed by atoms with Crippen molar-refractivity contribution in [1.82, 2.24) is 15.2 Å². The van der Waals surface area contributed by atoms with Crippen LogP contribution in [0.1, 0.15) is 34.5 Å². The summed E-state index contributed by atoms with van der Waals surface area (Å²) in [4.78, 5) is 28.5. The molecule has 0 bridgehead atoms. The summed E-state index contributed by atoms with van der Waals surface area (Å²) in [5.41, 5.74) is 3.16. The van der Waals surface area contributed by atoms with Crippen LogP contribution >= 0.6 is 0 Å². The van der Waals surface area contributed by atoms with E-state index in [9.17, 15) is 22.8 Å². The van der Waals surface area contributed by atoms with Crippen LogP contribution in [-0.2, 0) is 4.79 Å². The molecule has 0 saturated carbocycles. The lowest BCUT2D eigenvalue weighted by molar-refractivity contribution is -0.164. The fourth-order valence-corrected chi connectivity index (χ4v) is 3.41. The summed E-state index contributed by atoms with van der Waals surface area (Å²) in [6, 6.07) is 4.67. The van der Waals surface area contributed by atoms with Gasteiger partial charge in [-0.2, -0.15) is 13.2 Å². The standard InChI is InChI=1S/C18H20F3N3O2/c1-10-6-11(2)12-8-15(22-14(12)7-10)16(25)23-13-4-3-5-24(17(13)26)9-18(19,20)21/h6-8,13,22H,3-5,9H2,1-2H3,(H,23,25). The van der Waals surface area contributed by atoms with E-state index < -0.39 is 30.6 Å². The van der Waals surface area contributed by atoms with Crippen molar-refractivity contribution >= 4 is 22.7 Å². The van der Waals surface area contributed by atoms with Crippen molar-refractivity contribution in [3.8, 4) is 0 Å². The number of rotatable bonds is 3. The Morgan fingerprint density at radius 3 is 2.73 bits per heavy atom. The molecule has 5 nitrogen and oxygen atoms in total. The molecule has 2 aromatic rings. The maximum absolute atomic E-state index is 12.6. The van der Waals surface area contributed by atoms with Gasteiger partial charge in [0.05, 0.1) is 0 Å². The van der Waals surface area contributed by atoms with Gasteiger partial charge in [0, 0.05) is 17.4 Å². The normalized spacial score (nSPS) is 18.4. The van der Waals surface area contributed by atoms with Crippen molar-refractivity contribution in [3.05, 3.63) is 35.0 Å². The Morgan fingerprint density at radius 1 is 1.31 bits per heavy atom. The molecule has 2 heterocycles. The molecule has 3 rings (SSSR count). The third-order valence-corrected chi connectivity index (χ3v) is 4.54. The fraction of sp³-hybridized carbons (Fsp3) is 0.444. The van der Waals surface area contributed by atoms with Gasteiger partial charge in [0.2, 0.25) is 5.91 Å². The lowest BCUT2D eigenvalue weighted by Crippen LogP contribution is -2.54. The van der Waals surface area contributed by atoms with Crippen molar-refractivity contribution in [2.75, 3.05) is 13.1 Å². The van der Waals surface area contributed by atoms with Crippen molar-refractivity contribution in [1.29, 1.82) is 0 Å². The summed E-state index contributed by atoms with van der Waals surface area (Å²) in [7, 11) is 0. The van der Waals surface area contributed by atoms with Crippen LogP contribution in [0.15, 0.2) is 18.2 Å². The summed E-state index contributed by atoms with van der Waals surface area (Å²) in [6.45, 7) is 2.64. The van der Waals surface area contributed by atoms with Crippen LogP contribution in [0.4, 0.5) is 13.2 Å². The number of piperidine rings is 1. The number of hydrogen-bond acceptors (Lipinski definition) is 2. The molecule has 8 heteroatoms. The maximum atomic E-state index is 12.6. The molecule has 0 radical (unpaired) electrons. The predicted molar refractivity (Wildman–Crippen MR) is 90.9 cm³/mol. The molecule has 0 spiro atoms. The zero-order chi connectivity index (χ0) is 19.1. The lowest BCUT2D eigenvalue weighted by atomic mass is 10.0. The average molecular weight is 367 g/mol. The van der Waals surface area contributed by atoms with Gasteiger partial charge in [0.15, 0.2) is 0 Å². The number of hydrogen-bond donors (Lipinski definition) is 2. The molecule has 26 heavy (non-hydrogen) atoms. The number of aromatic amines is 1. The van der Waals surface area contributed by atoms with Crippen LogP contribution in [0.5, 0.6) is 0 Å². The number of aromatic nitrogens is 1. The number of amides is 2. The molecular weight excluding hydrogens is 347 g/mol. The van der Waals surface area contributed by atoms with Gasteiger partial charge in [0.1, 0.15) is 18.3 Å². The quantitative estimate of drug-likeness (QED) is 0.876. The molecule has 1 atom stereocenters. The highest BCUT2D eigenvalue weighted by atomic mass is 19.4. The smallest absolute Gasteiger partial charge is 0.351 e. The second kappa shape index (κ2) is 6.66. The molecule has 1 unspecified atom stereocenters. The maximum Gasteiger partial charge on any atom is 0.406 e. The first-order valence-corrected chi connectivity index (χ1v) is 8.40. The van der Waals surface area contributed by atoms with Gasteiger partial charge in [-0.1, -0.05) is 6.07 Å². The van der Waals surface area contributed by atoms with Gasteiger partial charge >= 0.3 is 6.18 Å². The number of likely N-dealkylation sites (tertiary alicyclic amines) is 1. The van der Waals surface area contributed by atoms with E-state index >= 15 is 0 Å². The Hall–Kier alpha value is -2.51. The first kappa shape index (κ1) is 18.3. The van der Waals surface area contributed by atoms with Gasteiger partial charge in [0.25, 0.3) is 5.91 Å². The van der Waals surface area contributed by atoms with Crippen LogP contribution in [0.25, 0.3) is 10.9 Å². The van der Waals surface area contributed by atoms with E-state index in [-0.39, 0.29) is 12.2 Å². The number of carbonyl (C=O) groups is 2. The minimum absolute atomic E-state index is 0.0512. The third-order valence-electron chi connectivity index (χ3n) is 4.54. The number of nitrogens with zero attached hydrogens (tertiary/aromatic N) is 1. The van der Waals surface area contributed by atoms with Crippen molar-refractivity contribution in [3.63, 3.8) is 0 Å². The van der Waals surface area contributed by atoms with Gasteiger partial charge in [-0.15, -0.1) is 0 Å². The number of alkyl halides is 3. The molecule has 1 aromatic heterocycles. The molecule has 1 fully saturated rings. The minimum Gasteiger partial charge on any atom is -0.351 e. The number of carbonyl (C=O) groups excluding carboxylic acids is 2. The van der Waals surface area contributed by atoms with Crippen molar-refractivity contribution in [2.24, 2.45) is 0 Å². The number of H-pyrrole nitrogens is 1. The minimum atomic E-state index is -4.45. The Bertz CT molecular complexity index is 857. The molecule has 1 aliphatic heterocycles.